The number of carbonyl (C=O) groups excluding carboxylic acids is 1. The minimum Gasteiger partial charge on any atom is -0.459 e. The predicted octanol–water partition coefficient (Wildman–Crippen LogP) is 2.31. The molecule has 0 amide bonds. The number of esters is 1. The maximum Gasteiger partial charge on any atom is 0.338 e. The number of rotatable bonds is 4. The molecule has 3 atom stereocenters. The Kier molecular flexibility index (Phi) is 4.34. The lowest BCUT2D eigenvalue weighted by molar-refractivity contribution is -0.0433. The summed E-state index contributed by atoms with van der Waals surface area (Å²) >= 11 is 0. The molecular formula is C18H19N5O3. The van der Waals surface area contributed by atoms with Crippen LogP contribution in [-0.2, 0) is 9.47 Å². The molecule has 2 aromatic heterocycles. The van der Waals surface area contributed by atoms with Gasteiger partial charge in [0.1, 0.15) is 12.9 Å². The summed E-state index contributed by atoms with van der Waals surface area (Å²) in [6.45, 7) is 4.15. The van der Waals surface area contributed by atoms with Crippen LogP contribution in [0.1, 0.15) is 35.6 Å². The van der Waals surface area contributed by atoms with Crippen LogP contribution in [0.3, 0.4) is 0 Å². The van der Waals surface area contributed by atoms with Crippen molar-refractivity contribution in [2.45, 2.75) is 32.6 Å². The first kappa shape index (κ1) is 16.6. The Morgan fingerprint density at radius 1 is 1.31 bits per heavy atom. The molecule has 8 heteroatoms. The van der Waals surface area contributed by atoms with Crippen molar-refractivity contribution in [3.8, 4) is 0 Å². The molecule has 0 bridgehead atoms. The van der Waals surface area contributed by atoms with Gasteiger partial charge >= 0.3 is 5.97 Å². The van der Waals surface area contributed by atoms with E-state index < -0.39 is 0 Å². The predicted molar refractivity (Wildman–Crippen MR) is 92.3 cm³/mol. The Morgan fingerprint density at radius 3 is 2.92 bits per heavy atom. The number of fused-ring (bicyclic) bond motifs is 1. The van der Waals surface area contributed by atoms with E-state index in [9.17, 15) is 4.79 Å². The third-order valence-corrected chi connectivity index (χ3v) is 4.55. The van der Waals surface area contributed by atoms with E-state index in [2.05, 4.69) is 27.2 Å². The highest BCUT2D eigenvalue weighted by Gasteiger charge is 2.36. The van der Waals surface area contributed by atoms with E-state index >= 15 is 0 Å². The second-order valence-corrected chi connectivity index (χ2v) is 6.49. The number of aryl methyl sites for hydroxylation is 1. The highest BCUT2D eigenvalue weighted by Crippen LogP contribution is 2.35. The molecule has 8 nitrogen and oxygen atoms in total. The lowest BCUT2D eigenvalue weighted by Crippen LogP contribution is -2.20. The average molecular weight is 353 g/mol. The fourth-order valence-electron chi connectivity index (χ4n) is 3.20. The SMILES string of the molecule is Cc1ncnc2c1nnn2[C@@H]1O[C@H](COC(=O)c2ccccc2)C[C@@H]1C. The molecule has 0 N–H and O–H groups in total. The van der Waals surface area contributed by atoms with Crippen molar-refractivity contribution < 1.29 is 14.3 Å². The van der Waals surface area contributed by atoms with Gasteiger partial charge in [-0.25, -0.2) is 14.8 Å². The Balaban J connectivity index is 1.44. The van der Waals surface area contributed by atoms with Crippen LogP contribution in [0.25, 0.3) is 11.2 Å². The van der Waals surface area contributed by atoms with Crippen molar-refractivity contribution in [3.63, 3.8) is 0 Å². The molecule has 0 saturated carbocycles. The van der Waals surface area contributed by atoms with Crippen molar-refractivity contribution in [2.24, 2.45) is 5.92 Å². The molecule has 1 aliphatic rings. The smallest absolute Gasteiger partial charge is 0.338 e. The van der Waals surface area contributed by atoms with Gasteiger partial charge in [0.05, 0.1) is 17.4 Å². The molecule has 1 saturated heterocycles. The summed E-state index contributed by atoms with van der Waals surface area (Å²) in [6.07, 6.45) is 1.77. The topological polar surface area (TPSA) is 92.0 Å². The molecule has 3 aromatic rings. The number of carbonyl (C=O) groups is 1. The molecule has 4 rings (SSSR count). The molecule has 3 heterocycles. The van der Waals surface area contributed by atoms with Gasteiger partial charge in [-0.05, 0) is 25.5 Å². The number of hydrogen-bond donors (Lipinski definition) is 0. The lowest BCUT2D eigenvalue weighted by atomic mass is 10.1. The number of ether oxygens (including phenoxy) is 2. The largest absolute Gasteiger partial charge is 0.459 e. The van der Waals surface area contributed by atoms with Crippen molar-refractivity contribution in [2.75, 3.05) is 6.61 Å². The van der Waals surface area contributed by atoms with Gasteiger partial charge in [0.15, 0.2) is 17.4 Å². The molecule has 134 valence electrons. The lowest BCUT2D eigenvalue weighted by Gasteiger charge is -2.16. The zero-order chi connectivity index (χ0) is 18.1. The van der Waals surface area contributed by atoms with E-state index in [-0.39, 0.29) is 30.8 Å². The standard InChI is InChI=1S/C18H19N5O3/c1-11-8-14(9-25-18(24)13-6-4-3-5-7-13)26-17(11)23-16-15(21-22-23)12(2)19-10-20-16/h3-7,10-11,14,17H,8-9H2,1-2H3/t11-,14-,17+/m0/s1. The number of benzene rings is 1. The van der Waals surface area contributed by atoms with Gasteiger partial charge in [0.25, 0.3) is 0 Å². The van der Waals surface area contributed by atoms with Gasteiger partial charge in [-0.1, -0.05) is 30.3 Å². The summed E-state index contributed by atoms with van der Waals surface area (Å²) in [5.74, 6) is -0.157. The summed E-state index contributed by atoms with van der Waals surface area (Å²) in [6, 6.07) is 8.93. The summed E-state index contributed by atoms with van der Waals surface area (Å²) in [4.78, 5) is 20.5. The first-order valence-electron chi connectivity index (χ1n) is 8.53. The van der Waals surface area contributed by atoms with Crippen molar-refractivity contribution in [1.82, 2.24) is 25.0 Å². The monoisotopic (exact) mass is 353 g/mol. The van der Waals surface area contributed by atoms with E-state index in [0.29, 0.717) is 16.7 Å². The molecule has 0 unspecified atom stereocenters. The third-order valence-electron chi connectivity index (χ3n) is 4.55. The molecule has 0 aliphatic carbocycles. The van der Waals surface area contributed by atoms with Crippen LogP contribution < -0.4 is 0 Å². The molecule has 0 spiro atoms. The van der Waals surface area contributed by atoms with E-state index in [4.69, 9.17) is 9.47 Å². The Morgan fingerprint density at radius 2 is 2.12 bits per heavy atom. The number of hydrogen-bond acceptors (Lipinski definition) is 7. The van der Waals surface area contributed by atoms with E-state index in [1.54, 1.807) is 28.9 Å². The number of aromatic nitrogens is 5. The fraction of sp³-hybridized carbons (Fsp3) is 0.389. The molecule has 0 radical (unpaired) electrons. The van der Waals surface area contributed by atoms with Crippen LogP contribution in [-0.4, -0.2) is 43.6 Å². The van der Waals surface area contributed by atoms with Crippen LogP contribution in [0.4, 0.5) is 0 Å². The number of nitrogens with zero attached hydrogens (tertiary/aromatic N) is 5. The average Bonchev–Trinajstić information content (AvgIpc) is 3.24. The summed E-state index contributed by atoms with van der Waals surface area (Å²) in [7, 11) is 0. The van der Waals surface area contributed by atoms with Crippen LogP contribution in [0, 0.1) is 12.8 Å². The quantitative estimate of drug-likeness (QED) is 0.665. The normalized spacial score (nSPS) is 22.6. The molecule has 1 fully saturated rings. The van der Waals surface area contributed by atoms with Gasteiger partial charge < -0.3 is 9.47 Å². The molecule has 1 aliphatic heterocycles. The van der Waals surface area contributed by atoms with Crippen LogP contribution in [0.15, 0.2) is 36.7 Å². The van der Waals surface area contributed by atoms with E-state index in [1.807, 2.05) is 13.0 Å². The van der Waals surface area contributed by atoms with E-state index in [0.717, 1.165) is 12.1 Å². The van der Waals surface area contributed by atoms with Gasteiger partial charge in [0.2, 0.25) is 0 Å². The van der Waals surface area contributed by atoms with Crippen molar-refractivity contribution >= 4 is 17.1 Å². The van der Waals surface area contributed by atoms with Crippen molar-refractivity contribution in [3.05, 3.63) is 47.9 Å². The van der Waals surface area contributed by atoms with Gasteiger partial charge in [-0.15, -0.1) is 5.10 Å². The molecular weight excluding hydrogens is 334 g/mol. The summed E-state index contributed by atoms with van der Waals surface area (Å²) in [5.41, 5.74) is 2.63. The van der Waals surface area contributed by atoms with Crippen molar-refractivity contribution in [1.29, 1.82) is 0 Å². The summed E-state index contributed by atoms with van der Waals surface area (Å²) in [5, 5.41) is 8.36. The molecule has 26 heavy (non-hydrogen) atoms. The van der Waals surface area contributed by atoms with Crippen LogP contribution >= 0.6 is 0 Å². The Bertz CT molecular complexity index is 927. The Hall–Kier alpha value is -2.87. The van der Waals surface area contributed by atoms with Gasteiger partial charge in [-0.3, -0.25) is 0 Å². The first-order valence-corrected chi connectivity index (χ1v) is 8.53. The third kappa shape index (κ3) is 3.03. The second kappa shape index (κ2) is 6.80. The maximum atomic E-state index is 12.1. The fourth-order valence-corrected chi connectivity index (χ4v) is 3.20. The van der Waals surface area contributed by atoms with Crippen LogP contribution in [0.2, 0.25) is 0 Å². The second-order valence-electron chi connectivity index (χ2n) is 6.49. The zero-order valence-electron chi connectivity index (χ0n) is 14.6. The Labute approximate surface area is 150 Å². The van der Waals surface area contributed by atoms with E-state index in [1.165, 1.54) is 6.33 Å². The highest BCUT2D eigenvalue weighted by atomic mass is 16.6. The molecule has 1 aromatic carbocycles. The maximum absolute atomic E-state index is 12.1. The van der Waals surface area contributed by atoms with Gasteiger partial charge in [-0.2, -0.15) is 4.68 Å². The minimum absolute atomic E-state index is 0.190. The highest BCUT2D eigenvalue weighted by molar-refractivity contribution is 5.89. The minimum atomic E-state index is -0.347. The zero-order valence-corrected chi connectivity index (χ0v) is 14.6. The van der Waals surface area contributed by atoms with Crippen LogP contribution in [0.5, 0.6) is 0 Å². The van der Waals surface area contributed by atoms with Gasteiger partial charge in [0, 0.05) is 5.92 Å². The first-order chi connectivity index (χ1) is 12.6. The summed E-state index contributed by atoms with van der Waals surface area (Å²) < 4.78 is 13.2.